The lowest BCUT2D eigenvalue weighted by Gasteiger charge is -2.24. The molecule has 1 amide bonds. The summed E-state index contributed by atoms with van der Waals surface area (Å²) in [6.07, 6.45) is 0.605. The van der Waals surface area contributed by atoms with Gasteiger partial charge in [-0.15, -0.1) is 0 Å². The molecule has 1 atom stereocenters. The molecule has 21 heavy (non-hydrogen) atoms. The van der Waals surface area contributed by atoms with Crippen molar-refractivity contribution in [1.82, 2.24) is 4.90 Å². The molecule has 5 heteroatoms. The minimum atomic E-state index is -0.469. The van der Waals surface area contributed by atoms with Crippen LogP contribution in [0.25, 0.3) is 0 Å². The second-order valence-electron chi connectivity index (χ2n) is 6.25. The molecule has 112 valence electrons. The summed E-state index contributed by atoms with van der Waals surface area (Å²) in [5.74, 6) is 0. The highest BCUT2D eigenvalue weighted by Crippen LogP contribution is 2.19. The van der Waals surface area contributed by atoms with Crippen molar-refractivity contribution in [3.63, 3.8) is 0 Å². The fraction of sp³-hybridized carbons (Fsp3) is 0.500. The average molecular weight is 287 g/mol. The van der Waals surface area contributed by atoms with E-state index in [0.717, 1.165) is 12.1 Å². The molecule has 1 aromatic rings. The Morgan fingerprint density at radius 2 is 2.24 bits per heavy atom. The van der Waals surface area contributed by atoms with Crippen LogP contribution in [0.5, 0.6) is 0 Å². The van der Waals surface area contributed by atoms with Crippen LogP contribution in [0.1, 0.15) is 32.8 Å². The molecule has 1 heterocycles. The second-order valence-corrected chi connectivity index (χ2v) is 6.25. The van der Waals surface area contributed by atoms with E-state index in [-0.39, 0.29) is 12.1 Å². The van der Waals surface area contributed by atoms with E-state index in [9.17, 15) is 4.79 Å². The molecule has 0 aliphatic carbocycles. The first kappa shape index (κ1) is 15.2. The third-order valence-electron chi connectivity index (χ3n) is 3.20. The molecule has 1 N–H and O–H groups in total. The number of likely N-dealkylation sites (tertiary alicyclic amines) is 1. The Kier molecular flexibility index (Phi) is 4.37. The first-order valence-corrected chi connectivity index (χ1v) is 7.12. The van der Waals surface area contributed by atoms with Crippen molar-refractivity contribution >= 4 is 11.8 Å². The van der Waals surface area contributed by atoms with Crippen molar-refractivity contribution in [2.24, 2.45) is 0 Å². The number of carbonyl (C=O) groups excluding carboxylic acids is 1. The molecular weight excluding hydrogens is 266 g/mol. The standard InChI is InChI=1S/C16H21N3O2/c1-16(2,3)21-15(20)19-8-7-14(11-19)18-13-6-4-5-12(9-13)10-17/h4-6,9,14,18H,7-8,11H2,1-3H3. The van der Waals surface area contributed by atoms with Crippen LogP contribution >= 0.6 is 0 Å². The Bertz CT molecular complexity index is 557. The van der Waals surface area contributed by atoms with Crippen LogP contribution in [0.15, 0.2) is 24.3 Å². The lowest BCUT2D eigenvalue weighted by molar-refractivity contribution is 0.0293. The Morgan fingerprint density at radius 3 is 2.90 bits per heavy atom. The zero-order valence-corrected chi connectivity index (χ0v) is 12.7. The number of benzene rings is 1. The zero-order valence-electron chi connectivity index (χ0n) is 12.7. The van der Waals surface area contributed by atoms with E-state index >= 15 is 0 Å². The first-order valence-electron chi connectivity index (χ1n) is 7.12. The molecule has 1 aromatic carbocycles. The summed E-state index contributed by atoms with van der Waals surface area (Å²) in [5, 5.41) is 12.3. The van der Waals surface area contributed by atoms with Gasteiger partial charge in [-0.2, -0.15) is 5.26 Å². The first-order chi connectivity index (χ1) is 9.87. The third kappa shape index (κ3) is 4.38. The summed E-state index contributed by atoms with van der Waals surface area (Å²) < 4.78 is 5.37. The van der Waals surface area contributed by atoms with E-state index in [0.29, 0.717) is 18.7 Å². The highest BCUT2D eigenvalue weighted by atomic mass is 16.6. The average Bonchev–Trinajstić information content (AvgIpc) is 2.85. The van der Waals surface area contributed by atoms with Gasteiger partial charge in [-0.05, 0) is 45.4 Å². The van der Waals surface area contributed by atoms with Gasteiger partial charge in [0.25, 0.3) is 0 Å². The molecular formula is C16H21N3O2. The van der Waals surface area contributed by atoms with Crippen molar-refractivity contribution in [2.45, 2.75) is 38.8 Å². The van der Waals surface area contributed by atoms with Gasteiger partial charge in [0.15, 0.2) is 0 Å². The van der Waals surface area contributed by atoms with E-state index in [1.165, 1.54) is 0 Å². The van der Waals surface area contributed by atoms with Gasteiger partial charge in [-0.25, -0.2) is 4.79 Å². The fourth-order valence-electron chi connectivity index (χ4n) is 2.28. The fourth-order valence-corrected chi connectivity index (χ4v) is 2.28. The summed E-state index contributed by atoms with van der Waals surface area (Å²) in [4.78, 5) is 13.7. The Morgan fingerprint density at radius 1 is 1.48 bits per heavy atom. The van der Waals surface area contributed by atoms with E-state index in [1.807, 2.05) is 39.0 Å². The van der Waals surface area contributed by atoms with Crippen molar-refractivity contribution in [2.75, 3.05) is 18.4 Å². The number of anilines is 1. The molecule has 0 spiro atoms. The Balaban J connectivity index is 1.91. The number of nitrogens with zero attached hydrogens (tertiary/aromatic N) is 2. The van der Waals surface area contributed by atoms with E-state index in [2.05, 4.69) is 11.4 Å². The van der Waals surface area contributed by atoms with Crippen molar-refractivity contribution in [3.8, 4) is 6.07 Å². The van der Waals surface area contributed by atoms with Gasteiger partial charge < -0.3 is 15.0 Å². The highest BCUT2D eigenvalue weighted by molar-refractivity contribution is 5.68. The highest BCUT2D eigenvalue weighted by Gasteiger charge is 2.29. The normalized spacial score (nSPS) is 18.2. The monoisotopic (exact) mass is 287 g/mol. The molecule has 2 rings (SSSR count). The number of rotatable bonds is 2. The predicted octanol–water partition coefficient (Wildman–Crippen LogP) is 2.98. The van der Waals surface area contributed by atoms with Crippen LogP contribution in [-0.2, 0) is 4.74 Å². The molecule has 1 aliphatic rings. The van der Waals surface area contributed by atoms with Gasteiger partial charge in [-0.1, -0.05) is 6.07 Å². The summed E-state index contributed by atoms with van der Waals surface area (Å²) >= 11 is 0. The van der Waals surface area contributed by atoms with Crippen LogP contribution in [0, 0.1) is 11.3 Å². The van der Waals surface area contributed by atoms with Gasteiger partial charge in [-0.3, -0.25) is 0 Å². The van der Waals surface area contributed by atoms with Crippen molar-refractivity contribution in [1.29, 1.82) is 5.26 Å². The summed E-state index contributed by atoms with van der Waals surface area (Å²) in [7, 11) is 0. The zero-order chi connectivity index (χ0) is 15.5. The van der Waals surface area contributed by atoms with E-state index < -0.39 is 5.60 Å². The topological polar surface area (TPSA) is 65.4 Å². The maximum Gasteiger partial charge on any atom is 0.410 e. The molecule has 0 bridgehead atoms. The van der Waals surface area contributed by atoms with Crippen molar-refractivity contribution in [3.05, 3.63) is 29.8 Å². The molecule has 0 radical (unpaired) electrons. The minimum Gasteiger partial charge on any atom is -0.444 e. The number of nitriles is 1. The molecule has 1 unspecified atom stereocenters. The quantitative estimate of drug-likeness (QED) is 0.908. The smallest absolute Gasteiger partial charge is 0.410 e. The third-order valence-corrected chi connectivity index (χ3v) is 3.20. The summed E-state index contributed by atoms with van der Waals surface area (Å²) in [5.41, 5.74) is 1.07. The molecule has 1 saturated heterocycles. The van der Waals surface area contributed by atoms with Gasteiger partial charge in [0.2, 0.25) is 0 Å². The van der Waals surface area contributed by atoms with Crippen LogP contribution in [0.2, 0.25) is 0 Å². The van der Waals surface area contributed by atoms with Gasteiger partial charge in [0.1, 0.15) is 5.60 Å². The summed E-state index contributed by atoms with van der Waals surface area (Å²) in [6, 6.07) is 9.67. The van der Waals surface area contributed by atoms with Crippen LogP contribution < -0.4 is 5.32 Å². The van der Waals surface area contributed by atoms with Crippen molar-refractivity contribution < 1.29 is 9.53 Å². The number of amides is 1. The van der Waals surface area contributed by atoms with Crippen LogP contribution in [0.3, 0.4) is 0 Å². The molecule has 0 aromatic heterocycles. The van der Waals surface area contributed by atoms with Crippen LogP contribution in [-0.4, -0.2) is 35.7 Å². The maximum atomic E-state index is 12.0. The Labute approximate surface area is 125 Å². The van der Waals surface area contributed by atoms with Gasteiger partial charge in [0, 0.05) is 24.8 Å². The predicted molar refractivity (Wildman–Crippen MR) is 81.0 cm³/mol. The molecule has 1 aliphatic heterocycles. The van der Waals surface area contributed by atoms with Gasteiger partial charge in [0.05, 0.1) is 11.6 Å². The maximum absolute atomic E-state index is 12.0. The number of nitrogens with one attached hydrogen (secondary N) is 1. The number of hydrogen-bond acceptors (Lipinski definition) is 4. The Hall–Kier alpha value is -2.22. The molecule has 1 fully saturated rings. The van der Waals surface area contributed by atoms with Gasteiger partial charge >= 0.3 is 6.09 Å². The van der Waals surface area contributed by atoms with E-state index in [4.69, 9.17) is 10.00 Å². The number of ether oxygens (including phenoxy) is 1. The lowest BCUT2D eigenvalue weighted by atomic mass is 10.2. The lowest BCUT2D eigenvalue weighted by Crippen LogP contribution is -2.36. The van der Waals surface area contributed by atoms with Crippen LogP contribution in [0.4, 0.5) is 10.5 Å². The van der Waals surface area contributed by atoms with E-state index in [1.54, 1.807) is 11.0 Å². The summed E-state index contributed by atoms with van der Waals surface area (Å²) in [6.45, 7) is 6.90. The SMILES string of the molecule is CC(C)(C)OC(=O)N1CCC(Nc2cccc(C#N)c2)C1. The molecule has 5 nitrogen and oxygen atoms in total. The largest absolute Gasteiger partial charge is 0.444 e. The number of hydrogen-bond donors (Lipinski definition) is 1. The number of carbonyl (C=O) groups is 1. The molecule has 0 saturated carbocycles. The second kappa shape index (κ2) is 6.04. The minimum absolute atomic E-state index is 0.187.